The number of sulfonamides is 1. The summed E-state index contributed by atoms with van der Waals surface area (Å²) in [6.07, 6.45) is 4.14. The molecular weight excluding hydrogens is 329 g/mol. The van der Waals surface area contributed by atoms with Crippen molar-refractivity contribution in [3.05, 3.63) is 35.6 Å². The number of hydrogen-bond donors (Lipinski definition) is 2. The summed E-state index contributed by atoms with van der Waals surface area (Å²) in [7, 11) is -1.47. The summed E-state index contributed by atoms with van der Waals surface area (Å²) in [5.41, 5.74) is 7.36. The van der Waals surface area contributed by atoms with E-state index in [2.05, 4.69) is 10.9 Å². The van der Waals surface area contributed by atoms with Crippen LogP contribution < -0.4 is 10.9 Å². The molecule has 0 amide bonds. The van der Waals surface area contributed by atoms with Gasteiger partial charge in [-0.3, -0.25) is 10.9 Å². The lowest BCUT2D eigenvalue weighted by molar-refractivity contribution is 0.427. The van der Waals surface area contributed by atoms with E-state index in [1.807, 2.05) is 13.0 Å². The van der Waals surface area contributed by atoms with Crippen LogP contribution >= 0.6 is 0 Å². The molecule has 2 rings (SSSR count). The smallest absolute Gasteiger partial charge is 0.213 e. The van der Waals surface area contributed by atoms with E-state index in [0.29, 0.717) is 13.0 Å². The van der Waals surface area contributed by atoms with Crippen molar-refractivity contribution in [2.75, 3.05) is 19.3 Å². The Labute approximate surface area is 144 Å². The second kappa shape index (κ2) is 8.89. The molecule has 0 aliphatic carbocycles. The van der Waals surface area contributed by atoms with Crippen molar-refractivity contribution in [2.24, 2.45) is 0 Å². The Bertz CT molecular complexity index is 624. The molecule has 0 saturated carbocycles. The van der Waals surface area contributed by atoms with Gasteiger partial charge in [0, 0.05) is 25.7 Å². The monoisotopic (exact) mass is 357 g/mol. The molecule has 2 unspecified atom stereocenters. The van der Waals surface area contributed by atoms with Crippen LogP contribution in [0.4, 0.5) is 4.39 Å². The molecule has 1 fully saturated rings. The van der Waals surface area contributed by atoms with Crippen LogP contribution in [0, 0.1) is 5.82 Å². The standard InChI is InChI=1S/C17H28FN3O2S/c1-3-4-11-24(22,23)21(2)10-6-9-16-13-17(20-19-16)14-7-5-8-15(18)12-14/h5,7-8,12,16-17,19-20H,3-4,6,9-11,13H2,1-2H3. The first-order chi connectivity index (χ1) is 11.4. The molecule has 0 radical (unpaired) electrons. The third-order valence-corrected chi connectivity index (χ3v) is 6.43. The molecule has 0 spiro atoms. The Hall–Kier alpha value is -1.02. The van der Waals surface area contributed by atoms with Gasteiger partial charge in [0.2, 0.25) is 10.0 Å². The maximum Gasteiger partial charge on any atom is 0.213 e. The number of hydrazine groups is 1. The van der Waals surface area contributed by atoms with Gasteiger partial charge >= 0.3 is 0 Å². The molecule has 1 aliphatic rings. The maximum absolute atomic E-state index is 13.3. The van der Waals surface area contributed by atoms with Crippen LogP contribution in [0.25, 0.3) is 0 Å². The summed E-state index contributed by atoms with van der Waals surface area (Å²) >= 11 is 0. The van der Waals surface area contributed by atoms with E-state index in [-0.39, 0.29) is 23.7 Å². The first-order valence-electron chi connectivity index (χ1n) is 8.63. The van der Waals surface area contributed by atoms with Crippen LogP contribution in [0.2, 0.25) is 0 Å². The minimum absolute atomic E-state index is 0.0942. The molecule has 1 aromatic rings. The van der Waals surface area contributed by atoms with Crippen molar-refractivity contribution in [3.63, 3.8) is 0 Å². The zero-order chi connectivity index (χ0) is 17.6. The lowest BCUT2D eigenvalue weighted by Crippen LogP contribution is -2.33. The van der Waals surface area contributed by atoms with Crippen molar-refractivity contribution >= 4 is 10.0 Å². The third kappa shape index (κ3) is 5.51. The highest BCUT2D eigenvalue weighted by Gasteiger charge is 2.25. The average molecular weight is 357 g/mol. The van der Waals surface area contributed by atoms with E-state index in [1.165, 1.54) is 10.4 Å². The van der Waals surface area contributed by atoms with E-state index >= 15 is 0 Å². The number of halogens is 1. The first kappa shape index (κ1) is 19.3. The fourth-order valence-corrected chi connectivity index (χ4v) is 4.31. The average Bonchev–Trinajstić information content (AvgIpc) is 3.02. The molecule has 0 bridgehead atoms. The van der Waals surface area contributed by atoms with E-state index in [4.69, 9.17) is 0 Å². The third-order valence-electron chi connectivity index (χ3n) is 4.49. The van der Waals surface area contributed by atoms with Gasteiger partial charge in [0.15, 0.2) is 0 Å². The van der Waals surface area contributed by atoms with Gasteiger partial charge in [0.05, 0.1) is 5.75 Å². The van der Waals surface area contributed by atoms with Crippen LogP contribution in [0.5, 0.6) is 0 Å². The van der Waals surface area contributed by atoms with E-state index < -0.39 is 10.0 Å². The van der Waals surface area contributed by atoms with Gasteiger partial charge in [-0.1, -0.05) is 25.5 Å². The molecule has 1 saturated heterocycles. The minimum atomic E-state index is -3.12. The predicted octanol–water partition coefficient (Wildman–Crippen LogP) is 2.58. The van der Waals surface area contributed by atoms with Gasteiger partial charge in [-0.2, -0.15) is 0 Å². The molecule has 1 heterocycles. The molecule has 136 valence electrons. The quantitative estimate of drug-likeness (QED) is 0.713. The summed E-state index contributed by atoms with van der Waals surface area (Å²) in [4.78, 5) is 0. The van der Waals surface area contributed by atoms with Crippen LogP contribution in [0.3, 0.4) is 0 Å². The van der Waals surface area contributed by atoms with Crippen LogP contribution in [-0.2, 0) is 10.0 Å². The molecule has 1 aliphatic heterocycles. The van der Waals surface area contributed by atoms with Crippen LogP contribution in [0.1, 0.15) is 50.6 Å². The molecule has 2 atom stereocenters. The highest BCUT2D eigenvalue weighted by Crippen LogP contribution is 2.24. The summed E-state index contributed by atoms with van der Waals surface area (Å²) < 4.78 is 38.9. The number of hydrogen-bond acceptors (Lipinski definition) is 4. The summed E-state index contributed by atoms with van der Waals surface area (Å²) in [5, 5.41) is 0. The van der Waals surface area contributed by atoms with E-state index in [0.717, 1.165) is 31.2 Å². The van der Waals surface area contributed by atoms with Crippen molar-refractivity contribution in [1.29, 1.82) is 0 Å². The van der Waals surface area contributed by atoms with Gasteiger partial charge in [-0.05, 0) is 43.4 Å². The summed E-state index contributed by atoms with van der Waals surface area (Å²) in [5.74, 6) is 0.00175. The molecule has 24 heavy (non-hydrogen) atoms. The van der Waals surface area contributed by atoms with E-state index in [1.54, 1.807) is 19.2 Å². The topological polar surface area (TPSA) is 61.4 Å². The largest absolute Gasteiger partial charge is 0.254 e. The van der Waals surface area contributed by atoms with Crippen LogP contribution in [0.15, 0.2) is 24.3 Å². The fourth-order valence-electron chi connectivity index (χ4n) is 2.94. The van der Waals surface area contributed by atoms with Gasteiger partial charge in [0.1, 0.15) is 5.82 Å². The molecule has 5 nitrogen and oxygen atoms in total. The van der Waals surface area contributed by atoms with Crippen molar-refractivity contribution in [3.8, 4) is 0 Å². The normalized spacial score (nSPS) is 21.5. The number of nitrogens with one attached hydrogen (secondary N) is 2. The predicted molar refractivity (Wildman–Crippen MR) is 94.4 cm³/mol. The zero-order valence-corrected chi connectivity index (χ0v) is 15.3. The van der Waals surface area contributed by atoms with Gasteiger partial charge in [-0.15, -0.1) is 0 Å². The highest BCUT2D eigenvalue weighted by atomic mass is 32.2. The SMILES string of the molecule is CCCCS(=O)(=O)N(C)CCCC1CC(c2cccc(F)c2)NN1. The molecule has 7 heteroatoms. The Morgan fingerprint density at radius 2 is 2.08 bits per heavy atom. The second-order valence-electron chi connectivity index (χ2n) is 6.46. The Morgan fingerprint density at radius 1 is 1.29 bits per heavy atom. The number of benzene rings is 1. The van der Waals surface area contributed by atoms with Crippen molar-refractivity contribution in [2.45, 2.75) is 51.1 Å². The minimum Gasteiger partial charge on any atom is -0.254 e. The van der Waals surface area contributed by atoms with Gasteiger partial charge < -0.3 is 0 Å². The molecular formula is C17H28FN3O2S. The second-order valence-corrected chi connectivity index (χ2v) is 8.66. The van der Waals surface area contributed by atoms with E-state index in [9.17, 15) is 12.8 Å². The van der Waals surface area contributed by atoms with Crippen LogP contribution in [-0.4, -0.2) is 38.1 Å². The molecule has 1 aromatic carbocycles. The highest BCUT2D eigenvalue weighted by molar-refractivity contribution is 7.89. The lowest BCUT2D eigenvalue weighted by atomic mass is 10.00. The van der Waals surface area contributed by atoms with Crippen molar-refractivity contribution in [1.82, 2.24) is 15.2 Å². The lowest BCUT2D eigenvalue weighted by Gasteiger charge is -2.18. The maximum atomic E-state index is 13.3. The zero-order valence-electron chi connectivity index (χ0n) is 14.5. The Morgan fingerprint density at radius 3 is 2.79 bits per heavy atom. The number of nitrogens with zero attached hydrogens (tertiary/aromatic N) is 1. The number of unbranched alkanes of at least 4 members (excludes halogenated alkanes) is 1. The molecule has 2 N–H and O–H groups in total. The fraction of sp³-hybridized carbons (Fsp3) is 0.647. The number of rotatable bonds is 9. The summed E-state index contributed by atoms with van der Waals surface area (Å²) in [6, 6.07) is 6.99. The first-order valence-corrected chi connectivity index (χ1v) is 10.2. The molecule has 0 aromatic heterocycles. The Balaban J connectivity index is 1.74. The van der Waals surface area contributed by atoms with Gasteiger partial charge in [0.25, 0.3) is 0 Å². The summed E-state index contributed by atoms with van der Waals surface area (Å²) in [6.45, 7) is 2.53. The van der Waals surface area contributed by atoms with Crippen molar-refractivity contribution < 1.29 is 12.8 Å². The Kier molecular flexibility index (Phi) is 7.16. The van der Waals surface area contributed by atoms with Gasteiger partial charge in [-0.25, -0.2) is 17.1 Å².